The molecule has 4 heteroatoms. The molecule has 1 aromatic rings. The molecule has 1 N–H and O–H groups in total. The Hall–Kier alpha value is -0.930. The zero-order chi connectivity index (χ0) is 15.0. The normalized spacial score (nSPS) is 28.0. The third-order valence-corrected chi connectivity index (χ3v) is 5.37. The van der Waals surface area contributed by atoms with Crippen LogP contribution in [0.4, 0.5) is 5.69 Å². The van der Waals surface area contributed by atoms with Gasteiger partial charge in [0.05, 0.1) is 12.8 Å². The molecule has 2 fully saturated rings. The number of hydrogen-bond acceptors (Lipinski definition) is 3. The maximum Gasteiger partial charge on any atom is 0.143 e. The smallest absolute Gasteiger partial charge is 0.143 e. The number of benzene rings is 1. The van der Waals surface area contributed by atoms with Crippen LogP contribution >= 0.6 is 11.6 Å². The van der Waals surface area contributed by atoms with E-state index in [2.05, 4.69) is 30.1 Å². The Morgan fingerprint density at radius 1 is 1.29 bits per heavy atom. The van der Waals surface area contributed by atoms with Gasteiger partial charge in [-0.05, 0) is 50.8 Å². The summed E-state index contributed by atoms with van der Waals surface area (Å²) in [4.78, 5) is 2.59. The first kappa shape index (κ1) is 15.0. The van der Waals surface area contributed by atoms with Gasteiger partial charge in [0, 0.05) is 29.2 Å². The van der Waals surface area contributed by atoms with E-state index < -0.39 is 0 Å². The van der Waals surface area contributed by atoms with E-state index in [4.69, 9.17) is 16.3 Å². The highest BCUT2D eigenvalue weighted by atomic mass is 35.5. The number of fused-ring (bicyclic) bond motifs is 2. The molecular formula is C17H25ClN2O. The van der Waals surface area contributed by atoms with E-state index in [1.807, 2.05) is 6.07 Å². The Kier molecular flexibility index (Phi) is 4.32. The van der Waals surface area contributed by atoms with Gasteiger partial charge in [-0.3, -0.25) is 0 Å². The molecule has 2 saturated heterocycles. The minimum Gasteiger partial charge on any atom is -0.495 e. The van der Waals surface area contributed by atoms with E-state index in [1.54, 1.807) is 7.11 Å². The van der Waals surface area contributed by atoms with Crippen LogP contribution in [0.1, 0.15) is 38.2 Å². The summed E-state index contributed by atoms with van der Waals surface area (Å²) in [6.07, 6.45) is 5.04. The number of anilines is 1. The van der Waals surface area contributed by atoms with E-state index in [-0.39, 0.29) is 0 Å². The monoisotopic (exact) mass is 308 g/mol. The molecule has 2 atom stereocenters. The van der Waals surface area contributed by atoms with Crippen molar-refractivity contribution in [3.8, 4) is 5.75 Å². The number of nitrogens with one attached hydrogen (secondary N) is 1. The van der Waals surface area contributed by atoms with Crippen LogP contribution in [0.25, 0.3) is 0 Å². The van der Waals surface area contributed by atoms with Gasteiger partial charge in [-0.15, -0.1) is 0 Å². The Bertz CT molecular complexity index is 506. The van der Waals surface area contributed by atoms with E-state index in [1.165, 1.54) is 31.4 Å². The summed E-state index contributed by atoms with van der Waals surface area (Å²) >= 11 is 6.25. The summed E-state index contributed by atoms with van der Waals surface area (Å²) in [5.41, 5.74) is 2.35. The van der Waals surface area contributed by atoms with Crippen LogP contribution in [0.5, 0.6) is 5.75 Å². The van der Waals surface area contributed by atoms with Crippen molar-refractivity contribution in [2.75, 3.05) is 18.6 Å². The van der Waals surface area contributed by atoms with Gasteiger partial charge in [-0.25, -0.2) is 0 Å². The Morgan fingerprint density at radius 2 is 1.95 bits per heavy atom. The summed E-state index contributed by atoms with van der Waals surface area (Å²) in [7, 11) is 1.73. The molecule has 21 heavy (non-hydrogen) atoms. The van der Waals surface area contributed by atoms with Crippen molar-refractivity contribution >= 4 is 17.3 Å². The number of halogens is 1. The molecule has 2 unspecified atom stereocenters. The maximum absolute atomic E-state index is 6.25. The lowest BCUT2D eigenvalue weighted by Gasteiger charge is -2.41. The van der Waals surface area contributed by atoms with Crippen LogP contribution in [0.15, 0.2) is 12.1 Å². The quantitative estimate of drug-likeness (QED) is 0.916. The molecule has 1 aromatic carbocycles. The highest BCUT2D eigenvalue weighted by Gasteiger charge is 2.41. The molecule has 2 aliphatic heterocycles. The molecule has 0 amide bonds. The summed E-state index contributed by atoms with van der Waals surface area (Å²) in [6.45, 7) is 5.33. The van der Waals surface area contributed by atoms with Crippen LogP contribution in [-0.4, -0.2) is 31.8 Å². The van der Waals surface area contributed by atoms with Crippen LogP contribution in [0.2, 0.25) is 5.02 Å². The second kappa shape index (κ2) is 6.05. The van der Waals surface area contributed by atoms with Crippen molar-refractivity contribution in [3.63, 3.8) is 0 Å². The fourth-order valence-corrected chi connectivity index (χ4v) is 4.19. The van der Waals surface area contributed by atoms with Crippen molar-refractivity contribution in [2.45, 2.75) is 57.7 Å². The van der Waals surface area contributed by atoms with Crippen molar-refractivity contribution in [1.82, 2.24) is 5.32 Å². The maximum atomic E-state index is 6.25. The molecular weight excluding hydrogens is 284 g/mol. The number of hydrogen-bond donors (Lipinski definition) is 1. The SMILES string of the molecule is CCNC1CC2CCC(C1)N2c1cc(C)c(Cl)cc1OC. The Balaban J connectivity index is 1.90. The summed E-state index contributed by atoms with van der Waals surface area (Å²) in [5, 5.41) is 4.41. The molecule has 2 bridgehead atoms. The average Bonchev–Trinajstić information content (AvgIpc) is 2.72. The van der Waals surface area contributed by atoms with E-state index in [0.29, 0.717) is 18.1 Å². The summed E-state index contributed by atoms with van der Waals surface area (Å²) in [6, 6.07) is 6.08. The summed E-state index contributed by atoms with van der Waals surface area (Å²) < 4.78 is 5.59. The standard InChI is InChI=1S/C17H25ClN2O/c1-4-19-12-8-13-5-6-14(9-12)20(13)16-7-11(2)15(18)10-17(16)21-3/h7,10,12-14,19H,4-6,8-9H2,1-3H3. The Labute approximate surface area is 132 Å². The van der Waals surface area contributed by atoms with Crippen molar-refractivity contribution in [3.05, 3.63) is 22.7 Å². The lowest BCUT2D eigenvalue weighted by atomic mass is 9.96. The molecule has 3 nitrogen and oxygen atoms in total. The van der Waals surface area contributed by atoms with Gasteiger partial charge in [0.2, 0.25) is 0 Å². The molecule has 0 saturated carbocycles. The lowest BCUT2D eigenvalue weighted by Crippen LogP contribution is -2.49. The van der Waals surface area contributed by atoms with Gasteiger partial charge in [-0.2, -0.15) is 0 Å². The molecule has 2 aliphatic rings. The first-order chi connectivity index (χ1) is 10.1. The van der Waals surface area contributed by atoms with Crippen molar-refractivity contribution in [1.29, 1.82) is 0 Å². The van der Waals surface area contributed by atoms with E-state index >= 15 is 0 Å². The van der Waals surface area contributed by atoms with Crippen LogP contribution in [0, 0.1) is 6.92 Å². The number of methoxy groups -OCH3 is 1. The largest absolute Gasteiger partial charge is 0.495 e. The third kappa shape index (κ3) is 2.74. The van der Waals surface area contributed by atoms with Crippen molar-refractivity contribution in [2.24, 2.45) is 0 Å². The Morgan fingerprint density at radius 3 is 2.52 bits per heavy atom. The fraction of sp³-hybridized carbons (Fsp3) is 0.647. The van der Waals surface area contributed by atoms with Gasteiger partial charge in [-0.1, -0.05) is 18.5 Å². The van der Waals surface area contributed by atoms with Crippen molar-refractivity contribution < 1.29 is 4.74 Å². The number of piperidine rings is 1. The molecule has 0 aliphatic carbocycles. The zero-order valence-electron chi connectivity index (χ0n) is 13.2. The molecule has 0 aromatic heterocycles. The number of rotatable bonds is 4. The summed E-state index contributed by atoms with van der Waals surface area (Å²) in [5.74, 6) is 0.907. The number of aryl methyl sites for hydroxylation is 1. The molecule has 116 valence electrons. The number of ether oxygens (including phenoxy) is 1. The minimum absolute atomic E-state index is 0.627. The van der Waals surface area contributed by atoms with Gasteiger partial charge in [0.25, 0.3) is 0 Å². The van der Waals surface area contributed by atoms with E-state index in [0.717, 1.165) is 22.9 Å². The van der Waals surface area contributed by atoms with Gasteiger partial charge < -0.3 is 15.0 Å². The van der Waals surface area contributed by atoms with Gasteiger partial charge in [0.1, 0.15) is 5.75 Å². The average molecular weight is 309 g/mol. The number of nitrogens with zero attached hydrogens (tertiary/aromatic N) is 1. The van der Waals surface area contributed by atoms with Gasteiger partial charge in [0.15, 0.2) is 0 Å². The fourth-order valence-electron chi connectivity index (χ4n) is 4.04. The zero-order valence-corrected chi connectivity index (χ0v) is 13.9. The highest BCUT2D eigenvalue weighted by molar-refractivity contribution is 6.31. The molecule has 2 heterocycles. The van der Waals surface area contributed by atoms with Crippen LogP contribution < -0.4 is 15.0 Å². The second-order valence-electron chi connectivity index (χ2n) is 6.29. The van der Waals surface area contributed by atoms with Gasteiger partial charge >= 0.3 is 0 Å². The second-order valence-corrected chi connectivity index (χ2v) is 6.70. The first-order valence-corrected chi connectivity index (χ1v) is 8.37. The molecule has 3 rings (SSSR count). The lowest BCUT2D eigenvalue weighted by molar-refractivity contribution is 0.355. The van der Waals surface area contributed by atoms with Crippen LogP contribution in [-0.2, 0) is 0 Å². The predicted octanol–water partition coefficient (Wildman–Crippen LogP) is 3.77. The third-order valence-electron chi connectivity index (χ3n) is 4.96. The van der Waals surface area contributed by atoms with Crippen LogP contribution in [0.3, 0.4) is 0 Å². The van der Waals surface area contributed by atoms with E-state index in [9.17, 15) is 0 Å². The molecule has 0 spiro atoms. The first-order valence-electron chi connectivity index (χ1n) is 7.99. The predicted molar refractivity (Wildman–Crippen MR) is 88.7 cm³/mol. The minimum atomic E-state index is 0.627. The highest BCUT2D eigenvalue weighted by Crippen LogP contribution is 2.44. The topological polar surface area (TPSA) is 24.5 Å². The molecule has 0 radical (unpaired) electrons.